The Bertz CT molecular complexity index is 3450. The first-order valence-electron chi connectivity index (χ1n) is 38.1. The van der Waals surface area contributed by atoms with Crippen LogP contribution in [-0.2, 0) is 44.8 Å². The maximum absolute atomic E-state index is 12.9. The second kappa shape index (κ2) is 44.5. The number of urea groups is 3. The predicted octanol–water partition coefficient (Wildman–Crippen LogP) is 6.36. The Balaban J connectivity index is 0.000000252. The molecule has 0 bridgehead atoms. The largest absolute Gasteiger partial charge is 1.00 e. The average Bonchev–Trinajstić information content (AvgIpc) is 0.918. The van der Waals surface area contributed by atoms with E-state index >= 15 is 0 Å². The third kappa shape index (κ3) is 27.0. The summed E-state index contributed by atoms with van der Waals surface area (Å²) in [6.45, 7) is 29.6. The molecule has 31 heteroatoms. The van der Waals surface area contributed by atoms with Crippen LogP contribution in [0.5, 0.6) is 11.5 Å². The van der Waals surface area contributed by atoms with Crippen molar-refractivity contribution in [1.29, 1.82) is 0 Å². The van der Waals surface area contributed by atoms with E-state index in [1.807, 2.05) is 74.7 Å². The molecule has 600 valence electrons. The zero-order valence-corrected chi connectivity index (χ0v) is 70.5. The first-order valence-corrected chi connectivity index (χ1v) is 40.4. The van der Waals surface area contributed by atoms with Crippen LogP contribution in [0.15, 0.2) is 86.9 Å². The molecule has 10 heterocycles. The molecule has 3 saturated carbocycles. The van der Waals surface area contributed by atoms with Crippen molar-refractivity contribution in [1.82, 2.24) is 64.0 Å². The van der Waals surface area contributed by atoms with Gasteiger partial charge in [0, 0.05) is 129 Å². The number of amides is 6. The van der Waals surface area contributed by atoms with Gasteiger partial charge in [0.15, 0.2) is 17.4 Å². The molecule has 0 unspecified atom stereocenters. The van der Waals surface area contributed by atoms with E-state index in [9.17, 15) is 39.0 Å². The first-order chi connectivity index (χ1) is 51.0. The van der Waals surface area contributed by atoms with Crippen LogP contribution in [0, 0.1) is 5.92 Å². The van der Waals surface area contributed by atoms with Crippen molar-refractivity contribution in [3.8, 4) is 11.5 Å². The Morgan fingerprint density at radius 3 is 1.07 bits per heavy atom. The summed E-state index contributed by atoms with van der Waals surface area (Å²) in [4.78, 5) is 108. The Morgan fingerprint density at radius 2 is 0.807 bits per heavy atom. The Kier molecular flexibility index (Phi) is 37.8. The molecule has 6 amide bonds. The third-order valence-electron chi connectivity index (χ3n) is 21.5. The number of aliphatic hydroxyl groups excluding tert-OH is 2. The number of aliphatic hydroxyl groups is 2. The summed E-state index contributed by atoms with van der Waals surface area (Å²) < 4.78 is 28.6. The summed E-state index contributed by atoms with van der Waals surface area (Å²) in [5.41, 5.74) is 0.306. The fourth-order valence-corrected chi connectivity index (χ4v) is 14.2. The predicted molar refractivity (Wildman–Crippen MR) is 430 cm³/mol. The first kappa shape index (κ1) is 92.7. The van der Waals surface area contributed by atoms with Gasteiger partial charge in [0.1, 0.15) is 39.1 Å². The van der Waals surface area contributed by atoms with E-state index in [4.69, 9.17) is 18.9 Å². The van der Waals surface area contributed by atoms with Crippen molar-refractivity contribution in [3.63, 3.8) is 0 Å². The Hall–Kier alpha value is -5.21. The monoisotopic (exact) mass is 1720 g/mol. The van der Waals surface area contributed by atoms with E-state index < -0.39 is 10.8 Å². The fourth-order valence-electron chi connectivity index (χ4n) is 13.5. The third-order valence-corrected chi connectivity index (χ3v) is 22.9. The van der Waals surface area contributed by atoms with Gasteiger partial charge in [-0.25, -0.2) is 19.4 Å². The van der Waals surface area contributed by atoms with Gasteiger partial charge in [0.25, 0.3) is 0 Å². The van der Waals surface area contributed by atoms with Gasteiger partial charge in [0.05, 0.1) is 103 Å². The van der Waals surface area contributed by atoms with Crippen LogP contribution in [0.1, 0.15) is 151 Å². The SMILES string of the molecule is Brc1ccc(Br)nc1.CC(C)(CO)c1ccc(OC2CN(C(=O)N3CCCN(C4CCC4)CC3)C2)cn1.COC(=O)C(C)(C)c1ccc(Br)cn1.COC(=O)C(C)(C)c1ccc(OC2CN(C(=O)N3CCCN(C4CCC4)CC3)C2)cn1.COC(=O)C(C)C.O=C(N1CCCN(C2CCC2)CC1)N1CC(O)C1.[AlH3].[H-].[Li+]. The van der Waals surface area contributed by atoms with Gasteiger partial charge in [-0.2, -0.15) is 0 Å². The number of rotatable bonds is 14. The molecule has 9 aliphatic rings. The van der Waals surface area contributed by atoms with Gasteiger partial charge < -0.3 is 64.7 Å². The summed E-state index contributed by atoms with van der Waals surface area (Å²) in [7, 11) is 4.15. The number of β-amino-alcohol motifs (C(OH)–C–C–N with tert-alkyl or cyclic N) is 1. The van der Waals surface area contributed by atoms with Gasteiger partial charge in [0.2, 0.25) is 0 Å². The zero-order valence-electron chi connectivity index (χ0n) is 66.7. The van der Waals surface area contributed by atoms with E-state index in [-0.39, 0.29) is 110 Å². The summed E-state index contributed by atoms with van der Waals surface area (Å²) in [6.07, 6.45) is 21.7. The maximum atomic E-state index is 12.9. The molecule has 13 rings (SSSR count). The number of hydrogen-bond donors (Lipinski definition) is 2. The van der Waals surface area contributed by atoms with Crippen LogP contribution in [0.3, 0.4) is 0 Å². The van der Waals surface area contributed by atoms with Gasteiger partial charge in [-0.05, 0) is 182 Å². The van der Waals surface area contributed by atoms with Crippen molar-refractivity contribution < 1.29 is 83.0 Å². The van der Waals surface area contributed by atoms with Crippen molar-refractivity contribution in [2.24, 2.45) is 5.92 Å². The summed E-state index contributed by atoms with van der Waals surface area (Å²) in [6, 6.07) is 17.6. The van der Waals surface area contributed by atoms with E-state index in [0.717, 1.165) is 135 Å². The molecule has 0 spiro atoms. The molecule has 0 radical (unpaired) electrons. The quantitative estimate of drug-likeness (QED) is 0.0601. The smallest absolute Gasteiger partial charge is 1.00 e. The molecule has 109 heavy (non-hydrogen) atoms. The van der Waals surface area contributed by atoms with E-state index in [1.54, 1.807) is 83.4 Å². The van der Waals surface area contributed by atoms with Gasteiger partial charge in [-0.1, -0.05) is 47.0 Å². The molecule has 3 aliphatic carbocycles. The summed E-state index contributed by atoms with van der Waals surface area (Å²) in [5.74, 6) is 0.599. The van der Waals surface area contributed by atoms with E-state index in [2.05, 4.69) is 87.2 Å². The molecular weight excluding hydrogens is 1600 g/mol. The number of ether oxygens (including phenoxy) is 5. The van der Waals surface area contributed by atoms with Gasteiger partial charge >= 0.3 is 54.9 Å². The molecule has 4 aromatic heterocycles. The number of likely N-dealkylation sites (tertiary alicyclic amines) is 3. The number of carbonyl (C=O) groups is 6. The Labute approximate surface area is 695 Å². The van der Waals surface area contributed by atoms with Crippen LogP contribution in [0.25, 0.3) is 0 Å². The minimum Gasteiger partial charge on any atom is -1.00 e. The Morgan fingerprint density at radius 1 is 0.459 bits per heavy atom. The number of nitrogens with zero attached hydrogens (tertiary/aromatic N) is 13. The molecule has 0 aromatic carbocycles. The van der Waals surface area contributed by atoms with Crippen molar-refractivity contribution in [3.05, 3.63) is 104 Å². The normalized spacial score (nSPS) is 19.1. The fraction of sp³-hybridized carbons (Fsp3) is 0.667. The number of pyridine rings is 4. The zero-order chi connectivity index (χ0) is 77.6. The summed E-state index contributed by atoms with van der Waals surface area (Å²) >= 11 is 9.76. The molecule has 6 aliphatic heterocycles. The molecule has 9 fully saturated rings. The number of methoxy groups -OCH3 is 3. The molecule has 2 N–H and O–H groups in total. The minimum absolute atomic E-state index is 0. The standard InChI is InChI=1S/C23H34N4O4.C22H34N4O3.C13H23N3O2.C10H12BrNO2.C5H3Br2N.C5H10O2.Al.Li.4H/c1-23(2,21(28)30-3)20-9-8-18(14-24-20)31-19-15-27(16-19)22(29)26-11-5-10-25(12-13-26)17-6-4-7-17;1-22(2,16-27)20-8-7-18(13-23-20)29-19-14-26(15-19)21(28)25-10-4-9-24(11-12-25)17-5-3-6-17;17-12-9-16(10-12)13(18)15-6-2-5-14(7-8-15)11-3-1-4-11;1-10(2,9(13)14-3)8-5-4-7(11)6-12-8;6-4-1-2-5(7)8-3-4;1-4(2)5(6)7-3;;;;;;/h8-9,14,17,19H,4-7,10-13,15-16H2,1-3H3;7-8,13,17,19,27H,3-6,9-12,14-16H2,1-2H3;11-12,17H,1-10H2;4-6H,1-3H3;1-3H;4H,1-3H3;;;;;;/q;;;;;;;+1;;;;-1. The average molecular weight is 1720 g/mol. The van der Waals surface area contributed by atoms with Crippen LogP contribution in [0.2, 0.25) is 0 Å². The van der Waals surface area contributed by atoms with Crippen LogP contribution in [0.4, 0.5) is 14.4 Å². The number of carbonyl (C=O) groups excluding carboxylic acids is 6. The summed E-state index contributed by atoms with van der Waals surface area (Å²) in [5, 5.41) is 18.7. The minimum atomic E-state index is -0.811. The maximum Gasteiger partial charge on any atom is 1.00 e. The number of esters is 3. The molecular formula is C78H120AlBr3LiN13O13. The molecule has 4 aromatic rings. The van der Waals surface area contributed by atoms with Crippen LogP contribution >= 0.6 is 47.8 Å². The number of hydrogen-bond acceptors (Lipinski definition) is 20. The topological polar surface area (TPSA) is 270 Å². The van der Waals surface area contributed by atoms with Gasteiger partial charge in [-0.3, -0.25) is 44.0 Å². The second-order valence-electron chi connectivity index (χ2n) is 31.0. The molecule has 6 saturated heterocycles. The molecule has 26 nitrogen and oxygen atoms in total. The van der Waals surface area contributed by atoms with E-state index in [0.29, 0.717) is 62.2 Å². The number of halogens is 3. The van der Waals surface area contributed by atoms with Crippen molar-refractivity contribution >= 4 is 101 Å². The van der Waals surface area contributed by atoms with Crippen LogP contribution < -0.4 is 28.3 Å². The number of aromatic nitrogens is 4. The van der Waals surface area contributed by atoms with E-state index in [1.165, 1.54) is 79.1 Å². The van der Waals surface area contributed by atoms with Crippen LogP contribution in [-0.4, -0.2) is 310 Å². The van der Waals surface area contributed by atoms with Crippen molar-refractivity contribution in [2.75, 3.05) is 146 Å². The molecule has 0 atom stereocenters. The van der Waals surface area contributed by atoms with Gasteiger partial charge in [-0.15, -0.1) is 0 Å². The second-order valence-corrected chi connectivity index (χ2v) is 33.6. The van der Waals surface area contributed by atoms with Crippen molar-refractivity contribution in [2.45, 2.75) is 185 Å².